The van der Waals surface area contributed by atoms with Crippen LogP contribution in [0, 0.1) is 17.1 Å². The zero-order valence-corrected chi connectivity index (χ0v) is 10.5. The summed E-state index contributed by atoms with van der Waals surface area (Å²) >= 11 is 3.14. The molecule has 1 aromatic heterocycles. The van der Waals surface area contributed by atoms with E-state index in [2.05, 4.69) is 25.9 Å². The predicted molar refractivity (Wildman–Crippen MR) is 65.3 cm³/mol. The fraction of sp³-hybridized carbons (Fsp3) is 0. The molecule has 0 saturated carbocycles. The summed E-state index contributed by atoms with van der Waals surface area (Å²) in [7, 11) is 0. The average Bonchev–Trinajstić information content (AvgIpc) is 2.37. The third-order valence-electron chi connectivity index (χ3n) is 2.05. The van der Waals surface area contributed by atoms with Gasteiger partial charge in [0, 0.05) is 0 Å². The highest BCUT2D eigenvalue weighted by Gasteiger charge is 2.11. The largest absolute Gasteiger partial charge is 0.435 e. The van der Waals surface area contributed by atoms with Crippen molar-refractivity contribution in [2.24, 2.45) is 0 Å². The summed E-state index contributed by atoms with van der Waals surface area (Å²) in [4.78, 5) is 7.56. The van der Waals surface area contributed by atoms with Crippen LogP contribution < -0.4 is 10.5 Å². The van der Waals surface area contributed by atoms with Crippen molar-refractivity contribution >= 4 is 21.7 Å². The Bertz CT molecular complexity index is 641. The minimum absolute atomic E-state index is 0.0483. The number of aromatic nitrogens is 2. The van der Waals surface area contributed by atoms with E-state index in [-0.39, 0.29) is 23.0 Å². The molecule has 0 radical (unpaired) electrons. The van der Waals surface area contributed by atoms with Crippen molar-refractivity contribution in [3.05, 3.63) is 40.4 Å². The second-order valence-corrected chi connectivity index (χ2v) is 4.03. The van der Waals surface area contributed by atoms with Gasteiger partial charge in [-0.2, -0.15) is 5.26 Å². The Labute approximate surface area is 110 Å². The summed E-state index contributed by atoms with van der Waals surface area (Å²) < 4.78 is 19.2. The number of nitrogens with zero attached hydrogens (tertiary/aromatic N) is 3. The summed E-state index contributed by atoms with van der Waals surface area (Å²) in [6.45, 7) is 0. The van der Waals surface area contributed by atoms with Crippen LogP contribution >= 0.6 is 15.9 Å². The third kappa shape index (κ3) is 2.38. The monoisotopic (exact) mass is 308 g/mol. The van der Waals surface area contributed by atoms with Crippen LogP contribution in [0.4, 0.5) is 10.2 Å². The molecular formula is C11H6BrFN4O. The summed E-state index contributed by atoms with van der Waals surface area (Å²) in [5, 5.41) is 8.62. The highest BCUT2D eigenvalue weighted by atomic mass is 79.9. The fourth-order valence-corrected chi connectivity index (χ4v) is 1.48. The quantitative estimate of drug-likeness (QED) is 0.921. The topological polar surface area (TPSA) is 84.8 Å². The normalized spacial score (nSPS) is 9.83. The summed E-state index contributed by atoms with van der Waals surface area (Å²) in [5.74, 6) is -0.411. The SMILES string of the molecule is N#Cc1ccc(Oc2ncnc(N)c2Br)c(F)c1. The van der Waals surface area contributed by atoms with Gasteiger partial charge in [0.1, 0.15) is 16.6 Å². The van der Waals surface area contributed by atoms with E-state index < -0.39 is 5.82 Å². The first kappa shape index (κ1) is 12.3. The van der Waals surface area contributed by atoms with E-state index in [0.717, 1.165) is 6.07 Å². The molecule has 5 nitrogen and oxygen atoms in total. The Morgan fingerprint density at radius 3 is 2.83 bits per heavy atom. The molecule has 1 heterocycles. The Morgan fingerprint density at radius 2 is 2.17 bits per heavy atom. The molecular weight excluding hydrogens is 303 g/mol. The number of ether oxygens (including phenoxy) is 1. The Kier molecular flexibility index (Phi) is 3.39. The van der Waals surface area contributed by atoms with Gasteiger partial charge in [0.15, 0.2) is 11.6 Å². The second kappa shape index (κ2) is 4.98. The number of benzene rings is 1. The van der Waals surface area contributed by atoms with Gasteiger partial charge >= 0.3 is 0 Å². The standard InChI is InChI=1S/C11H6BrFN4O/c12-9-10(15)16-5-17-11(9)18-8-2-1-6(4-14)3-7(8)13/h1-3,5H,(H2,15,16,17). The number of nitriles is 1. The molecule has 0 spiro atoms. The highest BCUT2D eigenvalue weighted by Crippen LogP contribution is 2.31. The molecule has 90 valence electrons. The van der Waals surface area contributed by atoms with Crippen molar-refractivity contribution in [2.75, 3.05) is 5.73 Å². The van der Waals surface area contributed by atoms with Crippen LogP contribution in [0.1, 0.15) is 5.56 Å². The van der Waals surface area contributed by atoms with Crippen LogP contribution in [-0.2, 0) is 0 Å². The van der Waals surface area contributed by atoms with Crippen molar-refractivity contribution in [1.29, 1.82) is 5.26 Å². The van der Waals surface area contributed by atoms with Crippen molar-refractivity contribution in [3.8, 4) is 17.7 Å². The van der Waals surface area contributed by atoms with E-state index >= 15 is 0 Å². The molecule has 0 saturated heterocycles. The fourth-order valence-electron chi connectivity index (χ4n) is 1.19. The van der Waals surface area contributed by atoms with Crippen molar-refractivity contribution < 1.29 is 9.13 Å². The van der Waals surface area contributed by atoms with Gasteiger partial charge in [-0.15, -0.1) is 0 Å². The molecule has 0 bridgehead atoms. The van der Waals surface area contributed by atoms with Gasteiger partial charge in [-0.1, -0.05) is 0 Å². The first-order valence-electron chi connectivity index (χ1n) is 4.75. The zero-order chi connectivity index (χ0) is 13.1. The lowest BCUT2D eigenvalue weighted by molar-refractivity contribution is 0.424. The van der Waals surface area contributed by atoms with Crippen molar-refractivity contribution in [1.82, 2.24) is 9.97 Å². The van der Waals surface area contributed by atoms with Gasteiger partial charge in [-0.05, 0) is 34.1 Å². The first-order chi connectivity index (χ1) is 8.61. The number of halogens is 2. The Hall–Kier alpha value is -2.20. The maximum atomic E-state index is 13.6. The molecule has 0 amide bonds. The molecule has 18 heavy (non-hydrogen) atoms. The summed E-state index contributed by atoms with van der Waals surface area (Å²) in [5.41, 5.74) is 5.75. The minimum Gasteiger partial charge on any atom is -0.435 e. The van der Waals surface area contributed by atoms with Gasteiger partial charge in [0.25, 0.3) is 0 Å². The molecule has 2 N–H and O–H groups in total. The molecule has 2 rings (SSSR count). The molecule has 0 atom stereocenters. The molecule has 0 unspecified atom stereocenters. The molecule has 2 aromatic rings. The first-order valence-corrected chi connectivity index (χ1v) is 5.54. The number of anilines is 1. The number of hydrogen-bond donors (Lipinski definition) is 1. The van der Waals surface area contributed by atoms with Crippen molar-refractivity contribution in [2.45, 2.75) is 0 Å². The lowest BCUT2D eigenvalue weighted by Gasteiger charge is -2.08. The lowest BCUT2D eigenvalue weighted by atomic mass is 10.2. The maximum Gasteiger partial charge on any atom is 0.239 e. The Balaban J connectivity index is 2.35. The number of hydrogen-bond acceptors (Lipinski definition) is 5. The molecule has 0 fully saturated rings. The van der Waals surface area contributed by atoms with Gasteiger partial charge in [-0.25, -0.2) is 14.4 Å². The van der Waals surface area contributed by atoms with Crippen LogP contribution in [0.2, 0.25) is 0 Å². The van der Waals surface area contributed by atoms with Gasteiger partial charge < -0.3 is 10.5 Å². The molecule has 1 aromatic carbocycles. The molecule has 0 aliphatic rings. The molecule has 0 aliphatic carbocycles. The van der Waals surface area contributed by atoms with E-state index in [1.54, 1.807) is 0 Å². The Morgan fingerprint density at radius 1 is 1.39 bits per heavy atom. The highest BCUT2D eigenvalue weighted by molar-refractivity contribution is 9.10. The second-order valence-electron chi connectivity index (χ2n) is 3.24. The zero-order valence-electron chi connectivity index (χ0n) is 8.89. The summed E-state index contributed by atoms with van der Waals surface area (Å²) in [6.07, 6.45) is 1.21. The minimum atomic E-state index is -0.655. The smallest absolute Gasteiger partial charge is 0.239 e. The predicted octanol–water partition coefficient (Wildman–Crippen LogP) is 2.62. The lowest BCUT2D eigenvalue weighted by Crippen LogP contribution is -1.97. The van der Waals surface area contributed by atoms with E-state index in [1.165, 1.54) is 18.5 Å². The van der Waals surface area contributed by atoms with Crippen LogP contribution in [0.25, 0.3) is 0 Å². The maximum absolute atomic E-state index is 13.6. The number of nitrogens with two attached hydrogens (primary N) is 1. The van der Waals surface area contributed by atoms with Crippen LogP contribution in [0.15, 0.2) is 29.0 Å². The average molecular weight is 309 g/mol. The van der Waals surface area contributed by atoms with E-state index in [9.17, 15) is 4.39 Å². The van der Waals surface area contributed by atoms with Crippen LogP contribution in [0.3, 0.4) is 0 Å². The van der Waals surface area contributed by atoms with Gasteiger partial charge in [-0.3, -0.25) is 0 Å². The van der Waals surface area contributed by atoms with Crippen LogP contribution in [0.5, 0.6) is 11.6 Å². The van der Waals surface area contributed by atoms with Crippen molar-refractivity contribution in [3.63, 3.8) is 0 Å². The van der Waals surface area contributed by atoms with E-state index in [1.807, 2.05) is 6.07 Å². The van der Waals surface area contributed by atoms with Gasteiger partial charge in [0.2, 0.25) is 5.88 Å². The van der Waals surface area contributed by atoms with E-state index in [0.29, 0.717) is 4.47 Å². The number of nitrogen functional groups attached to an aromatic ring is 1. The van der Waals surface area contributed by atoms with Crippen LogP contribution in [-0.4, -0.2) is 9.97 Å². The molecule has 0 aliphatic heterocycles. The summed E-state index contributed by atoms with van der Waals surface area (Å²) in [6, 6.07) is 5.69. The van der Waals surface area contributed by atoms with E-state index in [4.69, 9.17) is 15.7 Å². The third-order valence-corrected chi connectivity index (χ3v) is 2.80. The number of rotatable bonds is 2. The van der Waals surface area contributed by atoms with Gasteiger partial charge in [0.05, 0.1) is 11.6 Å². The molecule has 7 heteroatoms.